The van der Waals surface area contributed by atoms with Gasteiger partial charge in [-0.1, -0.05) is 0 Å². The summed E-state index contributed by atoms with van der Waals surface area (Å²) in [6.07, 6.45) is 0.0377. The number of aromatic amines is 1. The van der Waals surface area contributed by atoms with E-state index in [4.69, 9.17) is 4.74 Å². The molecule has 2 rings (SSSR count). The minimum atomic E-state index is -0.651. The van der Waals surface area contributed by atoms with E-state index in [0.29, 0.717) is 0 Å². The lowest BCUT2D eigenvalue weighted by molar-refractivity contribution is -0.145. The number of esters is 2. The summed E-state index contributed by atoms with van der Waals surface area (Å²) in [5.74, 6) is -1.99. The molecule has 9 heteroatoms. The molecule has 0 saturated carbocycles. The number of aromatic nitrogens is 3. The van der Waals surface area contributed by atoms with Crippen LogP contribution in [-0.4, -0.2) is 53.3 Å². The van der Waals surface area contributed by atoms with E-state index >= 15 is 0 Å². The molecule has 0 aliphatic carbocycles. The lowest BCUT2D eigenvalue weighted by Crippen LogP contribution is -2.27. The molecule has 1 aliphatic heterocycles. The molecule has 1 unspecified atom stereocenters. The molecule has 1 atom stereocenters. The largest absolute Gasteiger partial charge is 0.469 e. The monoisotopic (exact) mass is 282 g/mol. The fraction of sp³-hybridized carbons (Fsp3) is 0.545. The predicted octanol–water partition coefficient (Wildman–Crippen LogP) is -0.493. The zero-order valence-electron chi connectivity index (χ0n) is 11.1. The van der Waals surface area contributed by atoms with Gasteiger partial charge in [0.1, 0.15) is 0 Å². The van der Waals surface area contributed by atoms with Gasteiger partial charge in [0.2, 0.25) is 11.7 Å². The maximum absolute atomic E-state index is 11.8. The van der Waals surface area contributed by atoms with Crippen molar-refractivity contribution in [3.05, 3.63) is 5.82 Å². The van der Waals surface area contributed by atoms with Gasteiger partial charge < -0.3 is 9.47 Å². The molecule has 1 aliphatic rings. The van der Waals surface area contributed by atoms with Gasteiger partial charge in [0.25, 0.3) is 5.95 Å². The van der Waals surface area contributed by atoms with Gasteiger partial charge in [-0.15, -0.1) is 5.10 Å². The van der Waals surface area contributed by atoms with Gasteiger partial charge in [-0.3, -0.25) is 19.6 Å². The molecule has 9 nitrogen and oxygen atoms in total. The number of H-pyrrole nitrogens is 1. The third kappa shape index (κ3) is 2.60. The molecular formula is C11H14N4O5. The van der Waals surface area contributed by atoms with E-state index in [1.165, 1.54) is 12.0 Å². The second kappa shape index (κ2) is 5.68. The van der Waals surface area contributed by atoms with Crippen molar-refractivity contribution >= 4 is 23.8 Å². The van der Waals surface area contributed by atoms with Gasteiger partial charge >= 0.3 is 11.9 Å². The first-order chi connectivity index (χ1) is 9.56. The van der Waals surface area contributed by atoms with Crippen LogP contribution in [0.5, 0.6) is 0 Å². The number of methoxy groups -OCH3 is 1. The Balaban J connectivity index is 2.11. The van der Waals surface area contributed by atoms with Crippen LogP contribution in [0.25, 0.3) is 0 Å². The summed E-state index contributed by atoms with van der Waals surface area (Å²) in [5, 5.41) is 6.19. The van der Waals surface area contributed by atoms with Crippen LogP contribution < -0.4 is 4.90 Å². The number of nitrogens with one attached hydrogen (secondary N) is 1. The zero-order valence-corrected chi connectivity index (χ0v) is 11.1. The minimum Gasteiger partial charge on any atom is -0.469 e. The molecule has 108 valence electrons. The van der Waals surface area contributed by atoms with Crippen molar-refractivity contribution in [2.24, 2.45) is 5.92 Å². The van der Waals surface area contributed by atoms with E-state index in [-0.39, 0.29) is 37.3 Å². The molecule has 0 aromatic carbocycles. The summed E-state index contributed by atoms with van der Waals surface area (Å²) in [5.41, 5.74) is 0. The Hall–Kier alpha value is -2.45. The van der Waals surface area contributed by atoms with Crippen LogP contribution in [0.3, 0.4) is 0 Å². The number of rotatable bonds is 4. The Morgan fingerprint density at radius 2 is 2.25 bits per heavy atom. The van der Waals surface area contributed by atoms with Crippen LogP contribution in [0.2, 0.25) is 0 Å². The molecular weight excluding hydrogens is 268 g/mol. The number of nitrogens with zero attached hydrogens (tertiary/aromatic N) is 3. The number of hydrogen-bond acceptors (Lipinski definition) is 7. The van der Waals surface area contributed by atoms with Crippen LogP contribution in [0.1, 0.15) is 24.0 Å². The number of carbonyl (C=O) groups excluding carboxylic acids is 3. The SMILES string of the molecule is CCOC(=O)c1nc(N2CC(C(=O)OC)CC2=O)n[nH]1. The van der Waals surface area contributed by atoms with E-state index in [9.17, 15) is 14.4 Å². The summed E-state index contributed by atoms with van der Waals surface area (Å²) in [6.45, 7) is 2.01. The lowest BCUT2D eigenvalue weighted by atomic mass is 10.1. The van der Waals surface area contributed by atoms with Crippen LogP contribution in [0.15, 0.2) is 0 Å². The zero-order chi connectivity index (χ0) is 14.7. The van der Waals surface area contributed by atoms with Crippen LogP contribution >= 0.6 is 0 Å². The van der Waals surface area contributed by atoms with Crippen molar-refractivity contribution in [1.29, 1.82) is 0 Å². The first-order valence-corrected chi connectivity index (χ1v) is 6.04. The summed E-state index contributed by atoms with van der Waals surface area (Å²) < 4.78 is 9.36. The van der Waals surface area contributed by atoms with Crippen molar-refractivity contribution in [1.82, 2.24) is 15.2 Å². The van der Waals surface area contributed by atoms with Crippen molar-refractivity contribution in [3.8, 4) is 0 Å². The second-order valence-electron chi connectivity index (χ2n) is 4.13. The molecule has 1 amide bonds. The van der Waals surface area contributed by atoms with Crippen molar-refractivity contribution in [2.45, 2.75) is 13.3 Å². The maximum atomic E-state index is 11.8. The second-order valence-corrected chi connectivity index (χ2v) is 4.13. The van der Waals surface area contributed by atoms with Gasteiger partial charge in [-0.25, -0.2) is 4.79 Å². The number of ether oxygens (including phenoxy) is 2. The Bertz CT molecular complexity index is 541. The number of amides is 1. The Morgan fingerprint density at radius 1 is 1.50 bits per heavy atom. The van der Waals surface area contributed by atoms with Crippen LogP contribution in [-0.2, 0) is 19.1 Å². The molecule has 2 heterocycles. The highest BCUT2D eigenvalue weighted by atomic mass is 16.5. The normalized spacial score (nSPS) is 18.2. The molecule has 0 radical (unpaired) electrons. The Kier molecular flexibility index (Phi) is 3.97. The summed E-state index contributed by atoms with van der Waals surface area (Å²) in [4.78, 5) is 39.8. The number of carbonyl (C=O) groups is 3. The average molecular weight is 282 g/mol. The highest BCUT2D eigenvalue weighted by Crippen LogP contribution is 2.23. The van der Waals surface area contributed by atoms with E-state index < -0.39 is 17.9 Å². The van der Waals surface area contributed by atoms with E-state index in [0.717, 1.165) is 0 Å². The molecule has 1 aromatic rings. The first-order valence-electron chi connectivity index (χ1n) is 6.04. The van der Waals surface area contributed by atoms with E-state index in [1.54, 1.807) is 6.92 Å². The van der Waals surface area contributed by atoms with Crippen molar-refractivity contribution in [3.63, 3.8) is 0 Å². The van der Waals surface area contributed by atoms with Gasteiger partial charge in [-0.2, -0.15) is 4.98 Å². The fourth-order valence-electron chi connectivity index (χ4n) is 1.89. The number of hydrogen-bond donors (Lipinski definition) is 1. The van der Waals surface area contributed by atoms with Gasteiger partial charge in [0, 0.05) is 13.0 Å². The highest BCUT2D eigenvalue weighted by molar-refractivity contribution is 5.98. The maximum Gasteiger partial charge on any atom is 0.375 e. The third-order valence-electron chi connectivity index (χ3n) is 2.84. The van der Waals surface area contributed by atoms with Gasteiger partial charge in [0.05, 0.1) is 19.6 Å². The molecule has 20 heavy (non-hydrogen) atoms. The fourth-order valence-corrected chi connectivity index (χ4v) is 1.89. The molecule has 1 N–H and O–H groups in total. The smallest absolute Gasteiger partial charge is 0.375 e. The third-order valence-corrected chi connectivity index (χ3v) is 2.84. The van der Waals surface area contributed by atoms with Crippen LogP contribution in [0.4, 0.5) is 5.95 Å². The number of anilines is 1. The highest BCUT2D eigenvalue weighted by Gasteiger charge is 2.37. The first kappa shape index (κ1) is 14.0. The standard InChI is InChI=1S/C11H14N4O5/c1-3-20-10(18)8-12-11(14-13-8)15-5-6(4-7(15)16)9(17)19-2/h6H,3-5H2,1-2H3,(H,12,13,14). The summed E-state index contributed by atoms with van der Waals surface area (Å²) >= 11 is 0. The van der Waals surface area contributed by atoms with E-state index in [1.807, 2.05) is 0 Å². The van der Waals surface area contributed by atoms with Gasteiger partial charge in [0.15, 0.2) is 0 Å². The average Bonchev–Trinajstić information content (AvgIpc) is 3.04. The molecule has 1 fully saturated rings. The van der Waals surface area contributed by atoms with Crippen molar-refractivity contribution in [2.75, 3.05) is 25.2 Å². The minimum absolute atomic E-state index is 0.0377. The van der Waals surface area contributed by atoms with Gasteiger partial charge in [-0.05, 0) is 6.92 Å². The predicted molar refractivity (Wildman–Crippen MR) is 64.8 cm³/mol. The quantitative estimate of drug-likeness (QED) is 0.741. The Labute approximate surface area is 114 Å². The molecule has 1 aromatic heterocycles. The lowest BCUT2D eigenvalue weighted by Gasteiger charge is -2.10. The van der Waals surface area contributed by atoms with Crippen LogP contribution in [0, 0.1) is 5.92 Å². The summed E-state index contributed by atoms with van der Waals surface area (Å²) in [6, 6.07) is 0. The van der Waals surface area contributed by atoms with Crippen molar-refractivity contribution < 1.29 is 23.9 Å². The molecule has 0 bridgehead atoms. The molecule has 0 spiro atoms. The Morgan fingerprint density at radius 3 is 2.90 bits per heavy atom. The topological polar surface area (TPSA) is 114 Å². The summed E-state index contributed by atoms with van der Waals surface area (Å²) in [7, 11) is 1.27. The van der Waals surface area contributed by atoms with E-state index in [2.05, 4.69) is 19.9 Å². The molecule has 1 saturated heterocycles.